The molecule has 2 aromatic heterocycles. The third-order valence-electron chi connectivity index (χ3n) is 16.3. The molecular weight excluding hydrogens is 1180 g/mol. The van der Waals surface area contributed by atoms with E-state index in [1.165, 1.54) is 66.8 Å². The second-order valence-corrected chi connectivity index (χ2v) is 27.7. The molecule has 0 radical (unpaired) electrons. The van der Waals surface area contributed by atoms with Crippen LogP contribution in [0.2, 0.25) is 0 Å². The summed E-state index contributed by atoms with van der Waals surface area (Å²) in [4.78, 5) is 9.76. The number of pyridine rings is 1. The van der Waals surface area contributed by atoms with Crippen LogP contribution in [0.15, 0.2) is 164 Å². The Morgan fingerprint density at radius 1 is 0.451 bits per heavy atom. The van der Waals surface area contributed by atoms with E-state index in [4.69, 9.17) is 9.72 Å². The van der Waals surface area contributed by atoms with Crippen molar-refractivity contribution in [2.45, 2.75) is 145 Å². The summed E-state index contributed by atoms with van der Waals surface area (Å²) in [6.45, 7) is 41.2. The summed E-state index contributed by atoms with van der Waals surface area (Å²) in [5.74, 6) is 1.98. The summed E-state index contributed by atoms with van der Waals surface area (Å²) < 4.78 is 9.17. The molecular formula is C76H79N4OPt-3. The molecule has 8 aromatic carbocycles. The third kappa shape index (κ3) is 11.1. The second-order valence-electron chi connectivity index (χ2n) is 27.7. The summed E-state index contributed by atoms with van der Waals surface area (Å²) in [5.41, 5.74) is 22.2. The van der Waals surface area contributed by atoms with Gasteiger partial charge in [0, 0.05) is 61.3 Å². The van der Waals surface area contributed by atoms with Gasteiger partial charge in [-0.15, -0.1) is 48.1 Å². The summed E-state index contributed by atoms with van der Waals surface area (Å²) in [7, 11) is 0. The summed E-state index contributed by atoms with van der Waals surface area (Å²) in [6.07, 6.45) is 1.97. The van der Waals surface area contributed by atoms with Gasteiger partial charge in [-0.25, -0.2) is 4.98 Å². The van der Waals surface area contributed by atoms with E-state index in [9.17, 15) is 0 Å². The molecule has 5 nitrogen and oxygen atoms in total. The fourth-order valence-electron chi connectivity index (χ4n) is 11.6. The summed E-state index contributed by atoms with van der Waals surface area (Å²) in [5, 5.41) is 2.18. The number of aryl methyl sites for hydroxylation is 2. The number of ether oxygens (including phenoxy) is 1. The van der Waals surface area contributed by atoms with Crippen molar-refractivity contribution in [3.8, 4) is 50.7 Å². The van der Waals surface area contributed by atoms with Crippen molar-refractivity contribution in [1.29, 1.82) is 0 Å². The molecule has 11 rings (SSSR count). The minimum atomic E-state index is -0.160. The van der Waals surface area contributed by atoms with E-state index in [0.717, 1.165) is 55.9 Å². The molecule has 0 bridgehead atoms. The predicted molar refractivity (Wildman–Crippen MR) is 344 cm³/mol. The number of rotatable bonds is 8. The molecule has 10 aromatic rings. The van der Waals surface area contributed by atoms with Gasteiger partial charge in [0.05, 0.1) is 0 Å². The molecule has 0 saturated heterocycles. The van der Waals surface area contributed by atoms with E-state index >= 15 is 0 Å². The van der Waals surface area contributed by atoms with Crippen LogP contribution in [0.1, 0.15) is 143 Å². The Bertz CT molecular complexity index is 4000. The predicted octanol–water partition coefficient (Wildman–Crippen LogP) is 21.1. The first-order chi connectivity index (χ1) is 38.1. The molecule has 0 aliphatic carbocycles. The van der Waals surface area contributed by atoms with Crippen molar-refractivity contribution in [1.82, 2.24) is 9.55 Å². The Balaban J connectivity index is 0.00000753. The van der Waals surface area contributed by atoms with E-state index in [0.29, 0.717) is 11.5 Å². The third-order valence-corrected chi connectivity index (χ3v) is 16.3. The normalized spacial score (nSPS) is 13.2. The SMILES string of the molecule is Cc1cc(C(C)(C)C)cc(C)c1-c1ccc2c(c1)c1ccc(Oc3[c-]c(N4[CH-]N(c5cc(C(C)(C)C)cc(C(C)(C)C)c5)c5ccccc54)ccc3)[c-]c1n2-c1cc(-c2c(-c3ccccc3)cc(C(C)(C)C)cc2C(C)(C)C)ccn1.[Pt]. The molecule has 0 amide bonds. The molecule has 6 heteroatoms. The fraction of sp³-hybridized carbons (Fsp3) is 0.289. The van der Waals surface area contributed by atoms with E-state index in [-0.39, 0.29) is 48.1 Å². The van der Waals surface area contributed by atoms with Gasteiger partial charge in [-0.1, -0.05) is 188 Å². The zero-order chi connectivity index (χ0) is 57.7. The molecule has 82 heavy (non-hydrogen) atoms. The first-order valence-corrected chi connectivity index (χ1v) is 28.8. The standard InChI is InChI=1S/C76H79N4O.Pt/c1-48-36-53(72(3,4)5)37-49(2)70(48)51-30-33-65-63(38-51)61-32-31-60(46-68(61)80(65)69-39-52(34-35-77-69)71-62(50-24-19-18-20-25-50)43-56(75(12,13)14)44-64(71)76(15,16)17)81-59-27-23-26-57(45-59)78-47-79(67-29-22-21-28-66(67)78)58-41-54(73(6,7)8)40-55(42-58)74(9,10)11;/h18-44,47H,1-17H3;/q-3;. The van der Waals surface area contributed by atoms with Crippen molar-refractivity contribution in [3.63, 3.8) is 0 Å². The van der Waals surface area contributed by atoms with Gasteiger partial charge in [0.25, 0.3) is 0 Å². The van der Waals surface area contributed by atoms with E-state index < -0.39 is 0 Å². The van der Waals surface area contributed by atoms with Crippen molar-refractivity contribution >= 4 is 44.6 Å². The van der Waals surface area contributed by atoms with Gasteiger partial charge in [0.1, 0.15) is 5.82 Å². The quantitative estimate of drug-likeness (QED) is 0.142. The zero-order valence-corrected chi connectivity index (χ0v) is 53.5. The zero-order valence-electron chi connectivity index (χ0n) is 51.2. The van der Waals surface area contributed by atoms with Crippen LogP contribution >= 0.6 is 0 Å². The molecule has 0 N–H and O–H groups in total. The molecule has 1 aliphatic rings. The maximum absolute atomic E-state index is 6.89. The van der Waals surface area contributed by atoms with Crippen LogP contribution in [0.3, 0.4) is 0 Å². The van der Waals surface area contributed by atoms with Gasteiger partial charge in [0.2, 0.25) is 0 Å². The Morgan fingerprint density at radius 3 is 1.65 bits per heavy atom. The molecule has 0 fully saturated rings. The van der Waals surface area contributed by atoms with Crippen LogP contribution < -0.4 is 14.5 Å². The average Bonchev–Trinajstić information content (AvgIpc) is 4.18. The van der Waals surface area contributed by atoms with Crippen LogP contribution in [0.4, 0.5) is 22.7 Å². The maximum Gasteiger partial charge on any atom is 0.136 e. The molecule has 0 atom stereocenters. The minimum absolute atomic E-state index is 0. The Hall–Kier alpha value is -7.20. The number of fused-ring (bicyclic) bond motifs is 4. The molecule has 0 unspecified atom stereocenters. The molecule has 3 heterocycles. The first-order valence-electron chi connectivity index (χ1n) is 28.8. The molecule has 1 aliphatic heterocycles. The maximum atomic E-state index is 6.89. The van der Waals surface area contributed by atoms with Crippen LogP contribution in [0.5, 0.6) is 11.5 Å². The van der Waals surface area contributed by atoms with E-state index in [1.807, 2.05) is 24.4 Å². The number of benzene rings is 8. The van der Waals surface area contributed by atoms with E-state index in [1.54, 1.807) is 0 Å². The number of anilines is 4. The van der Waals surface area contributed by atoms with Gasteiger partial charge >= 0.3 is 0 Å². The van der Waals surface area contributed by atoms with Crippen LogP contribution in [-0.2, 0) is 48.1 Å². The Morgan fingerprint density at radius 2 is 1.02 bits per heavy atom. The van der Waals surface area contributed by atoms with Crippen LogP contribution in [-0.4, -0.2) is 9.55 Å². The molecule has 0 spiro atoms. The van der Waals surface area contributed by atoms with Crippen molar-refractivity contribution < 1.29 is 25.8 Å². The number of nitrogens with zero attached hydrogens (tertiary/aromatic N) is 4. The van der Waals surface area contributed by atoms with Gasteiger partial charge in [0.15, 0.2) is 0 Å². The Kier molecular flexibility index (Phi) is 15.0. The summed E-state index contributed by atoms with van der Waals surface area (Å²) in [6, 6.07) is 65.3. The minimum Gasteiger partial charge on any atom is -0.509 e. The Labute approximate surface area is 503 Å². The van der Waals surface area contributed by atoms with E-state index in [2.05, 4.69) is 290 Å². The van der Waals surface area contributed by atoms with Gasteiger partial charge in [-0.05, 0) is 167 Å². The second kappa shape index (κ2) is 21.2. The van der Waals surface area contributed by atoms with Crippen molar-refractivity contribution in [2.24, 2.45) is 0 Å². The summed E-state index contributed by atoms with van der Waals surface area (Å²) >= 11 is 0. The van der Waals surface area contributed by atoms with Gasteiger partial charge in [-0.3, -0.25) is 0 Å². The first kappa shape index (κ1) is 58.0. The largest absolute Gasteiger partial charge is 0.509 e. The van der Waals surface area contributed by atoms with Gasteiger partial charge in [-0.2, -0.15) is 12.1 Å². The number of aromatic nitrogens is 2. The monoisotopic (exact) mass is 1260 g/mol. The number of hydrogen-bond donors (Lipinski definition) is 0. The average molecular weight is 1260 g/mol. The van der Waals surface area contributed by atoms with Crippen molar-refractivity contribution in [3.05, 3.63) is 222 Å². The van der Waals surface area contributed by atoms with Crippen LogP contribution in [0.25, 0.3) is 61.0 Å². The molecule has 422 valence electrons. The van der Waals surface area contributed by atoms with Crippen LogP contribution in [0, 0.1) is 32.6 Å². The topological polar surface area (TPSA) is 33.5 Å². The van der Waals surface area contributed by atoms with Crippen molar-refractivity contribution in [2.75, 3.05) is 9.80 Å². The smallest absolute Gasteiger partial charge is 0.136 e. The van der Waals surface area contributed by atoms with Gasteiger partial charge < -0.3 is 19.1 Å². The fourth-order valence-corrected chi connectivity index (χ4v) is 11.6. The number of para-hydroxylation sites is 2. The molecule has 0 saturated carbocycles. The number of hydrogen-bond acceptors (Lipinski definition) is 4.